The molecule has 9 nitrogen and oxygen atoms in total. The smallest absolute Gasteiger partial charge is 0.229 e. The second kappa shape index (κ2) is 11.2. The minimum Gasteiger partial charge on any atom is -0.387 e. The number of benzene rings is 1. The second-order valence-corrected chi connectivity index (χ2v) is 9.85. The molecule has 2 aromatic rings. The van der Waals surface area contributed by atoms with E-state index in [9.17, 15) is 5.11 Å². The van der Waals surface area contributed by atoms with Crippen LogP contribution in [0.1, 0.15) is 11.7 Å². The fraction of sp³-hybridized carbons (Fsp3) is 0.583. The third-order valence-corrected chi connectivity index (χ3v) is 7.23. The van der Waals surface area contributed by atoms with Crippen LogP contribution in [-0.2, 0) is 9.47 Å². The van der Waals surface area contributed by atoms with Crippen LogP contribution in [0.5, 0.6) is 0 Å². The van der Waals surface area contributed by atoms with Crippen molar-refractivity contribution in [1.82, 2.24) is 14.9 Å². The molecule has 3 fully saturated rings. The van der Waals surface area contributed by atoms with Crippen LogP contribution in [0.15, 0.2) is 34.8 Å². The van der Waals surface area contributed by atoms with Gasteiger partial charge in [-0.15, -0.1) is 0 Å². The average Bonchev–Trinajstić information content (AvgIpc) is 2.90. The number of hydrogen-bond acceptors (Lipinski definition) is 9. The van der Waals surface area contributed by atoms with Gasteiger partial charge in [-0.1, -0.05) is 28.1 Å². The summed E-state index contributed by atoms with van der Waals surface area (Å²) in [4.78, 5) is 19.1. The Labute approximate surface area is 209 Å². The van der Waals surface area contributed by atoms with Gasteiger partial charge in [-0.25, -0.2) is 0 Å². The Bertz CT molecular complexity index is 893. The van der Waals surface area contributed by atoms with E-state index in [-0.39, 0.29) is 0 Å². The summed E-state index contributed by atoms with van der Waals surface area (Å²) in [6, 6.07) is 10.0. The lowest BCUT2D eigenvalue weighted by atomic mass is 10.1. The predicted molar refractivity (Wildman–Crippen MR) is 136 cm³/mol. The molecule has 3 aliphatic heterocycles. The first-order chi connectivity index (χ1) is 16.7. The number of rotatable bonds is 6. The number of aliphatic hydroxyl groups excluding tert-OH is 1. The zero-order valence-corrected chi connectivity index (χ0v) is 21.1. The van der Waals surface area contributed by atoms with Crippen LogP contribution in [0.2, 0.25) is 0 Å². The van der Waals surface area contributed by atoms with Gasteiger partial charge >= 0.3 is 0 Å². The molecule has 1 aromatic carbocycles. The van der Waals surface area contributed by atoms with Gasteiger partial charge in [0.05, 0.1) is 32.5 Å². The summed E-state index contributed by atoms with van der Waals surface area (Å²) in [6.07, 6.45) is -0.487. The number of piperazine rings is 1. The maximum absolute atomic E-state index is 10.7. The van der Waals surface area contributed by atoms with Crippen molar-refractivity contribution in [2.24, 2.45) is 0 Å². The molecule has 3 aliphatic rings. The normalized spacial score (nSPS) is 21.1. The highest BCUT2D eigenvalue weighted by molar-refractivity contribution is 9.10. The van der Waals surface area contributed by atoms with E-state index in [0.29, 0.717) is 19.8 Å². The van der Waals surface area contributed by atoms with E-state index in [4.69, 9.17) is 19.4 Å². The summed E-state index contributed by atoms with van der Waals surface area (Å²) >= 11 is 3.46. The fourth-order valence-corrected chi connectivity index (χ4v) is 4.89. The van der Waals surface area contributed by atoms with E-state index >= 15 is 0 Å². The molecule has 10 heteroatoms. The number of aromatic nitrogens is 2. The van der Waals surface area contributed by atoms with E-state index in [1.54, 1.807) is 0 Å². The average molecular weight is 533 g/mol. The molecule has 184 valence electrons. The molecule has 1 aromatic heterocycles. The maximum Gasteiger partial charge on any atom is 0.229 e. The van der Waals surface area contributed by atoms with Gasteiger partial charge in [-0.2, -0.15) is 9.97 Å². The Morgan fingerprint density at radius 2 is 1.29 bits per heavy atom. The number of hydrogen-bond donors (Lipinski definition) is 1. The summed E-state index contributed by atoms with van der Waals surface area (Å²) in [5.41, 5.74) is 0.951. The Morgan fingerprint density at radius 1 is 0.765 bits per heavy atom. The van der Waals surface area contributed by atoms with E-state index in [2.05, 4.69) is 41.6 Å². The van der Waals surface area contributed by atoms with Crippen LogP contribution in [0.3, 0.4) is 0 Å². The van der Waals surface area contributed by atoms with Gasteiger partial charge in [0.2, 0.25) is 5.95 Å². The van der Waals surface area contributed by atoms with Crippen molar-refractivity contribution in [2.45, 2.75) is 6.10 Å². The number of nitrogens with zero attached hydrogens (tertiary/aromatic N) is 6. The first kappa shape index (κ1) is 23.7. The van der Waals surface area contributed by atoms with Crippen molar-refractivity contribution in [2.75, 3.05) is 100 Å². The van der Waals surface area contributed by atoms with E-state index in [1.807, 2.05) is 24.3 Å². The second-order valence-electron chi connectivity index (χ2n) is 8.94. The van der Waals surface area contributed by atoms with Crippen molar-refractivity contribution < 1.29 is 14.6 Å². The molecule has 0 aliphatic carbocycles. The molecular formula is C24H33BrN6O3. The molecule has 0 bridgehead atoms. The van der Waals surface area contributed by atoms with Gasteiger partial charge in [-0.3, -0.25) is 4.90 Å². The van der Waals surface area contributed by atoms with Gasteiger partial charge < -0.3 is 29.3 Å². The lowest BCUT2D eigenvalue weighted by molar-refractivity contribution is 0.109. The van der Waals surface area contributed by atoms with Crippen LogP contribution < -0.4 is 14.7 Å². The highest BCUT2D eigenvalue weighted by Gasteiger charge is 2.25. The Hall–Kier alpha value is -1.98. The van der Waals surface area contributed by atoms with Crippen LogP contribution in [0.4, 0.5) is 17.6 Å². The third-order valence-electron chi connectivity index (χ3n) is 6.70. The Kier molecular flexibility index (Phi) is 7.80. The third kappa shape index (κ3) is 5.80. The van der Waals surface area contributed by atoms with Gasteiger partial charge in [0.1, 0.15) is 11.6 Å². The van der Waals surface area contributed by atoms with Gasteiger partial charge in [0.25, 0.3) is 0 Å². The molecule has 0 saturated carbocycles. The number of morpholine rings is 2. The molecular weight excluding hydrogens is 500 g/mol. The van der Waals surface area contributed by atoms with E-state index in [0.717, 1.165) is 93.2 Å². The summed E-state index contributed by atoms with van der Waals surface area (Å²) in [5.74, 6) is 2.74. The number of aliphatic hydroxyl groups is 1. The minimum absolute atomic E-state index is 0.487. The first-order valence-electron chi connectivity index (χ1n) is 12.1. The number of halogens is 1. The largest absolute Gasteiger partial charge is 0.387 e. The lowest BCUT2D eigenvalue weighted by Gasteiger charge is -2.37. The molecule has 1 atom stereocenters. The number of anilines is 3. The highest BCUT2D eigenvalue weighted by atomic mass is 79.9. The summed E-state index contributed by atoms with van der Waals surface area (Å²) < 4.78 is 12.1. The summed E-state index contributed by atoms with van der Waals surface area (Å²) in [5, 5.41) is 10.7. The van der Waals surface area contributed by atoms with Gasteiger partial charge in [-0.05, 0) is 17.7 Å². The molecule has 4 heterocycles. The highest BCUT2D eigenvalue weighted by Crippen LogP contribution is 2.26. The van der Waals surface area contributed by atoms with Crippen molar-refractivity contribution in [1.29, 1.82) is 0 Å². The number of β-amino-alcohol motifs (C(OH)–C–C–N with tert-alkyl or cyclic N) is 1. The van der Waals surface area contributed by atoms with Gasteiger partial charge in [0, 0.05) is 69.4 Å². The molecule has 34 heavy (non-hydrogen) atoms. The van der Waals surface area contributed by atoms with E-state index in [1.165, 1.54) is 0 Å². The van der Waals surface area contributed by atoms with E-state index < -0.39 is 6.10 Å². The van der Waals surface area contributed by atoms with Crippen molar-refractivity contribution >= 4 is 33.5 Å². The van der Waals surface area contributed by atoms with Crippen LogP contribution >= 0.6 is 15.9 Å². The summed E-state index contributed by atoms with van der Waals surface area (Å²) in [7, 11) is 0. The molecule has 0 spiro atoms. The summed E-state index contributed by atoms with van der Waals surface area (Å²) in [6.45, 7) is 10.3. The molecule has 3 saturated heterocycles. The van der Waals surface area contributed by atoms with Crippen molar-refractivity contribution in [3.63, 3.8) is 0 Å². The first-order valence-corrected chi connectivity index (χ1v) is 12.9. The lowest BCUT2D eigenvalue weighted by Crippen LogP contribution is -2.48. The van der Waals surface area contributed by atoms with Crippen molar-refractivity contribution in [3.8, 4) is 0 Å². The van der Waals surface area contributed by atoms with Crippen LogP contribution in [0.25, 0.3) is 0 Å². The Balaban J connectivity index is 1.26. The predicted octanol–water partition coefficient (Wildman–Crippen LogP) is 1.77. The molecule has 0 amide bonds. The standard InChI is InChI=1S/C24H33BrN6O3/c25-20-3-1-19(2-4-20)21(32)18-28-5-7-29(8-6-28)22-17-23(30-9-13-33-14-10-30)27-24(26-22)31-11-15-34-16-12-31/h1-4,17,21,32H,5-16,18H2. The molecule has 0 radical (unpaired) electrons. The maximum atomic E-state index is 10.7. The quantitative estimate of drug-likeness (QED) is 0.598. The zero-order valence-electron chi connectivity index (χ0n) is 19.5. The van der Waals surface area contributed by atoms with Crippen molar-refractivity contribution in [3.05, 3.63) is 40.4 Å². The zero-order chi connectivity index (χ0) is 23.3. The van der Waals surface area contributed by atoms with Crippen LogP contribution in [-0.4, -0.2) is 105 Å². The monoisotopic (exact) mass is 532 g/mol. The SMILES string of the molecule is OC(CN1CCN(c2cc(N3CCOCC3)nc(N3CCOCC3)n2)CC1)c1ccc(Br)cc1. The molecule has 1 unspecified atom stereocenters. The minimum atomic E-state index is -0.487. The van der Waals surface area contributed by atoms with Crippen LogP contribution in [0, 0.1) is 0 Å². The Morgan fingerprint density at radius 3 is 1.88 bits per heavy atom. The van der Waals surface area contributed by atoms with Gasteiger partial charge in [0.15, 0.2) is 0 Å². The number of ether oxygens (including phenoxy) is 2. The topological polar surface area (TPSA) is 77.4 Å². The molecule has 1 N–H and O–H groups in total. The molecule has 5 rings (SSSR count). The fourth-order valence-electron chi connectivity index (χ4n) is 4.63.